The number of piperazine rings is 1. The van der Waals surface area contributed by atoms with Crippen LogP contribution < -0.4 is 15.5 Å². The summed E-state index contributed by atoms with van der Waals surface area (Å²) in [6.07, 6.45) is 1.28. The lowest BCUT2D eigenvalue weighted by Gasteiger charge is -2.45. The molecule has 6 rings (SSSR count). The number of hydrogen-bond donors (Lipinski definition) is 2. The van der Waals surface area contributed by atoms with E-state index in [1.165, 1.54) is 15.3 Å². The average Bonchev–Trinajstić information content (AvgIpc) is 3.35. The summed E-state index contributed by atoms with van der Waals surface area (Å²) in [5, 5.41) is 13.5. The van der Waals surface area contributed by atoms with Crippen molar-refractivity contribution in [3.63, 3.8) is 0 Å². The third kappa shape index (κ3) is 2.92. The van der Waals surface area contributed by atoms with Gasteiger partial charge in [0.05, 0.1) is 23.0 Å². The van der Waals surface area contributed by atoms with Gasteiger partial charge in [0.25, 0.3) is 12.3 Å². The van der Waals surface area contributed by atoms with E-state index in [2.05, 4.69) is 25.6 Å². The van der Waals surface area contributed by atoms with Crippen LogP contribution in [0.2, 0.25) is 0 Å². The molecule has 2 N–H and O–H groups in total. The van der Waals surface area contributed by atoms with Crippen LogP contribution in [0.25, 0.3) is 5.52 Å². The minimum atomic E-state index is -2.64. The molecule has 10 heteroatoms. The third-order valence-corrected chi connectivity index (χ3v) is 6.16. The highest BCUT2D eigenvalue weighted by molar-refractivity contribution is 7.08. The molecule has 3 aromatic heterocycles. The maximum Gasteiger partial charge on any atom is 0.274 e. The lowest BCUT2D eigenvalue weighted by molar-refractivity contribution is 0.102. The Bertz CT molecular complexity index is 1030. The summed E-state index contributed by atoms with van der Waals surface area (Å²) in [5.74, 6) is 0.101. The number of carbonyl (C=O) groups excluding carboxylic acids is 1. The number of piperidine rings is 2. The van der Waals surface area contributed by atoms with E-state index in [-0.39, 0.29) is 16.9 Å². The first-order valence-electron chi connectivity index (χ1n) is 9.10. The highest BCUT2D eigenvalue weighted by Crippen LogP contribution is 2.31. The Morgan fingerprint density at radius 2 is 2.21 bits per heavy atom. The van der Waals surface area contributed by atoms with Crippen molar-refractivity contribution in [2.75, 3.05) is 23.3 Å². The minimum Gasteiger partial charge on any atom is -0.334 e. The van der Waals surface area contributed by atoms with Crippen LogP contribution in [0.3, 0.4) is 0 Å². The Morgan fingerprint density at radius 3 is 2.93 bits per heavy atom. The second kappa shape index (κ2) is 6.78. The van der Waals surface area contributed by atoms with Gasteiger partial charge in [-0.1, -0.05) is 0 Å². The fourth-order valence-corrected chi connectivity index (χ4v) is 4.69. The molecule has 7 nitrogen and oxygen atoms in total. The van der Waals surface area contributed by atoms with Crippen LogP contribution in [0.1, 0.15) is 35.3 Å². The van der Waals surface area contributed by atoms with Crippen molar-refractivity contribution in [3.05, 3.63) is 40.3 Å². The molecule has 0 saturated carbocycles. The quantitative estimate of drug-likeness (QED) is 0.700. The number of thiophene rings is 1. The van der Waals surface area contributed by atoms with Crippen LogP contribution in [0.5, 0.6) is 0 Å². The maximum atomic E-state index is 13.1. The van der Waals surface area contributed by atoms with Crippen molar-refractivity contribution in [2.24, 2.45) is 0 Å². The molecule has 3 aromatic rings. The zero-order valence-electron chi connectivity index (χ0n) is 14.8. The van der Waals surface area contributed by atoms with E-state index in [4.69, 9.17) is 0 Å². The van der Waals surface area contributed by atoms with Gasteiger partial charge in [0, 0.05) is 35.9 Å². The van der Waals surface area contributed by atoms with Crippen molar-refractivity contribution < 1.29 is 13.6 Å². The number of fused-ring (bicyclic) bond motifs is 4. The summed E-state index contributed by atoms with van der Waals surface area (Å²) in [6, 6.07) is 4.14. The van der Waals surface area contributed by atoms with Crippen LogP contribution in [0.15, 0.2) is 29.1 Å². The monoisotopic (exact) mass is 404 g/mol. The van der Waals surface area contributed by atoms with E-state index >= 15 is 0 Å². The highest BCUT2D eigenvalue weighted by atomic mass is 32.1. The summed E-state index contributed by atoms with van der Waals surface area (Å²) in [4.78, 5) is 19.4. The van der Waals surface area contributed by atoms with Crippen molar-refractivity contribution in [1.29, 1.82) is 0 Å². The smallest absolute Gasteiger partial charge is 0.274 e. The number of anilines is 2. The molecule has 0 aliphatic carbocycles. The van der Waals surface area contributed by atoms with Crippen LogP contribution in [0, 0.1) is 0 Å². The molecule has 2 atom stereocenters. The van der Waals surface area contributed by atoms with Crippen LogP contribution in [-0.2, 0) is 0 Å². The molecule has 28 heavy (non-hydrogen) atoms. The van der Waals surface area contributed by atoms with E-state index in [0.717, 1.165) is 37.3 Å². The van der Waals surface area contributed by atoms with Crippen LogP contribution in [0.4, 0.5) is 20.4 Å². The molecular formula is C18H18F2N6OS. The predicted molar refractivity (Wildman–Crippen MR) is 102 cm³/mol. The number of nitrogens with one attached hydrogen (secondary N) is 2. The summed E-state index contributed by atoms with van der Waals surface area (Å²) in [5.41, 5.74) is 0.916. The lowest BCUT2D eigenvalue weighted by atomic mass is 9.93. The fourth-order valence-electron chi connectivity index (χ4n) is 3.91. The number of rotatable bonds is 4. The van der Waals surface area contributed by atoms with Gasteiger partial charge in [0.15, 0.2) is 0 Å². The van der Waals surface area contributed by atoms with E-state index in [1.54, 1.807) is 18.3 Å². The molecule has 0 spiro atoms. The second-order valence-corrected chi connectivity index (χ2v) is 7.84. The lowest BCUT2D eigenvalue weighted by Crippen LogP contribution is -2.61. The van der Waals surface area contributed by atoms with Gasteiger partial charge in [0.1, 0.15) is 5.69 Å². The molecule has 0 radical (unpaired) electrons. The van der Waals surface area contributed by atoms with Gasteiger partial charge >= 0.3 is 0 Å². The zero-order valence-corrected chi connectivity index (χ0v) is 15.6. The number of aromatic nitrogens is 3. The first-order valence-corrected chi connectivity index (χ1v) is 10.0. The highest BCUT2D eigenvalue weighted by Gasteiger charge is 2.35. The van der Waals surface area contributed by atoms with Gasteiger partial charge in [-0.25, -0.2) is 18.3 Å². The van der Waals surface area contributed by atoms with Gasteiger partial charge in [-0.3, -0.25) is 4.79 Å². The summed E-state index contributed by atoms with van der Waals surface area (Å²) >= 11 is 1.13. The molecule has 6 heterocycles. The van der Waals surface area contributed by atoms with Gasteiger partial charge < -0.3 is 15.5 Å². The Balaban J connectivity index is 1.45. The molecule has 0 unspecified atom stereocenters. The second-order valence-electron chi connectivity index (χ2n) is 7.10. The third-order valence-electron chi connectivity index (χ3n) is 5.40. The molecule has 3 aliphatic rings. The Hall–Kier alpha value is -2.59. The van der Waals surface area contributed by atoms with E-state index in [1.807, 2.05) is 0 Å². The number of carbonyl (C=O) groups is 1. The Labute approximate surface area is 163 Å². The SMILES string of the molecule is O=C(Nc1cscc1C(F)F)c1ccc2cnc(N3C[C@H]4CC[C@@H]3CN4)nn12. The molecule has 3 aliphatic heterocycles. The molecule has 3 fully saturated rings. The molecular weight excluding hydrogens is 386 g/mol. The van der Waals surface area contributed by atoms with Gasteiger partial charge in [-0.15, -0.1) is 16.4 Å². The number of halogens is 2. The first-order chi connectivity index (χ1) is 13.6. The molecule has 146 valence electrons. The molecule has 2 bridgehead atoms. The number of hydrogen-bond acceptors (Lipinski definition) is 6. The summed E-state index contributed by atoms with van der Waals surface area (Å²) in [7, 11) is 0. The number of nitrogens with zero attached hydrogens (tertiary/aromatic N) is 4. The van der Waals surface area contributed by atoms with Crippen molar-refractivity contribution in [2.45, 2.75) is 31.4 Å². The fraction of sp³-hybridized carbons (Fsp3) is 0.389. The number of alkyl halides is 2. The topological polar surface area (TPSA) is 74.6 Å². The largest absolute Gasteiger partial charge is 0.334 e. The number of amides is 1. The average molecular weight is 404 g/mol. The molecule has 1 amide bonds. The van der Waals surface area contributed by atoms with Crippen molar-refractivity contribution in [1.82, 2.24) is 19.9 Å². The van der Waals surface area contributed by atoms with E-state index < -0.39 is 12.3 Å². The van der Waals surface area contributed by atoms with Crippen LogP contribution >= 0.6 is 11.3 Å². The zero-order chi connectivity index (χ0) is 19.3. The van der Waals surface area contributed by atoms with Crippen molar-refractivity contribution >= 4 is 34.4 Å². The first kappa shape index (κ1) is 17.5. The predicted octanol–water partition coefficient (Wildman–Crippen LogP) is 2.92. The van der Waals surface area contributed by atoms with Gasteiger partial charge in [0.2, 0.25) is 5.95 Å². The Morgan fingerprint density at radius 1 is 1.32 bits per heavy atom. The summed E-state index contributed by atoms with van der Waals surface area (Å²) in [6.45, 7) is 1.74. The van der Waals surface area contributed by atoms with Gasteiger partial charge in [-0.05, 0) is 25.0 Å². The van der Waals surface area contributed by atoms with Crippen molar-refractivity contribution in [3.8, 4) is 0 Å². The van der Waals surface area contributed by atoms with Gasteiger partial charge in [-0.2, -0.15) is 0 Å². The van der Waals surface area contributed by atoms with E-state index in [0.29, 0.717) is 23.5 Å². The minimum absolute atomic E-state index is 0.133. The normalized spacial score (nSPS) is 21.6. The molecule has 0 aromatic carbocycles. The van der Waals surface area contributed by atoms with Crippen LogP contribution in [-0.4, -0.2) is 45.7 Å². The maximum absolute atomic E-state index is 13.1. The Kier molecular flexibility index (Phi) is 4.24. The van der Waals surface area contributed by atoms with E-state index in [9.17, 15) is 13.6 Å². The molecule has 3 saturated heterocycles. The standard InChI is InChI=1S/C18H18F2N6OS/c19-16(20)13-8-28-9-14(13)23-17(27)15-4-3-12-6-22-18(24-26(12)15)25-7-10-1-2-11(25)5-21-10/h3-4,6,8-11,16,21H,1-2,5,7H2,(H,23,27)/t10-,11-/m1/s1. The summed E-state index contributed by atoms with van der Waals surface area (Å²) < 4.78 is 27.6.